The van der Waals surface area contributed by atoms with Crippen molar-refractivity contribution in [2.24, 2.45) is 0 Å². The van der Waals surface area contributed by atoms with Gasteiger partial charge < -0.3 is 15.3 Å². The number of hydrogen-bond acceptors (Lipinski definition) is 7. The Morgan fingerprint density at radius 2 is 0.388 bits per heavy atom. The minimum absolute atomic E-state index is 0.107. The SMILES string of the molecule is CCCCCCCCCCCCCCCCCC(=O)C(O)CN(CC(O)C(=O)CCCCCCCCCCCCCCCCC)CC(O)C(=O)CCCCCCCCCCCCCCCCC. The summed E-state index contributed by atoms with van der Waals surface area (Å²) in [5.74, 6) is -0.759. The molecule has 7 heteroatoms. The number of aliphatic hydroxyl groups is 3. The van der Waals surface area contributed by atoms with Crippen LogP contribution in [0.1, 0.15) is 329 Å². The molecular formula is C60H117NO6. The molecule has 0 spiro atoms. The van der Waals surface area contributed by atoms with E-state index in [4.69, 9.17) is 0 Å². The first-order valence-electron chi connectivity index (χ1n) is 30.1. The Balaban J connectivity index is 4.63. The van der Waals surface area contributed by atoms with Gasteiger partial charge in [0.15, 0.2) is 17.3 Å². The molecule has 0 rings (SSSR count). The van der Waals surface area contributed by atoms with Gasteiger partial charge in [0.25, 0.3) is 0 Å². The van der Waals surface area contributed by atoms with Crippen molar-refractivity contribution in [3.63, 3.8) is 0 Å². The lowest BCUT2D eigenvalue weighted by atomic mass is 10.0. The van der Waals surface area contributed by atoms with E-state index in [1.807, 2.05) is 0 Å². The van der Waals surface area contributed by atoms with Crippen molar-refractivity contribution in [3.8, 4) is 0 Å². The molecule has 0 aliphatic rings. The fraction of sp³-hybridized carbons (Fsp3) is 0.950. The number of unbranched alkanes of at least 4 members (excludes halogenated alkanes) is 42. The molecule has 0 aliphatic carbocycles. The zero-order valence-electron chi connectivity index (χ0n) is 45.3. The highest BCUT2D eigenvalue weighted by atomic mass is 16.3. The molecule has 0 saturated carbocycles. The van der Waals surface area contributed by atoms with Crippen molar-refractivity contribution in [1.29, 1.82) is 0 Å². The molecule has 7 nitrogen and oxygen atoms in total. The molecule has 0 fully saturated rings. The van der Waals surface area contributed by atoms with Crippen LogP contribution in [0.5, 0.6) is 0 Å². The van der Waals surface area contributed by atoms with E-state index < -0.39 is 18.3 Å². The second-order valence-corrected chi connectivity index (χ2v) is 21.3. The van der Waals surface area contributed by atoms with Crippen molar-refractivity contribution in [3.05, 3.63) is 0 Å². The maximum absolute atomic E-state index is 13.1. The summed E-state index contributed by atoms with van der Waals surface area (Å²) in [5, 5.41) is 33.0. The maximum atomic E-state index is 13.1. The van der Waals surface area contributed by atoms with Crippen LogP contribution in [0, 0.1) is 0 Å². The molecule has 3 N–H and O–H groups in total. The highest BCUT2D eigenvalue weighted by Gasteiger charge is 2.27. The highest BCUT2D eigenvalue weighted by molar-refractivity contribution is 5.84. The van der Waals surface area contributed by atoms with Gasteiger partial charge in [0.2, 0.25) is 0 Å². The van der Waals surface area contributed by atoms with Gasteiger partial charge in [-0.1, -0.05) is 290 Å². The van der Waals surface area contributed by atoms with Crippen molar-refractivity contribution in [1.82, 2.24) is 4.90 Å². The number of carbonyl (C=O) groups is 3. The van der Waals surface area contributed by atoms with Crippen LogP contribution < -0.4 is 0 Å². The van der Waals surface area contributed by atoms with Gasteiger partial charge >= 0.3 is 0 Å². The number of rotatable bonds is 57. The average molecular weight is 949 g/mol. The van der Waals surface area contributed by atoms with E-state index in [9.17, 15) is 29.7 Å². The van der Waals surface area contributed by atoms with Crippen LogP contribution in [-0.4, -0.2) is 75.5 Å². The molecule has 0 aliphatic heterocycles. The first-order valence-corrected chi connectivity index (χ1v) is 30.1. The fourth-order valence-electron chi connectivity index (χ4n) is 9.77. The molecule has 398 valence electrons. The Bertz CT molecular complexity index is 923. The average Bonchev–Trinajstić information content (AvgIpc) is 3.32. The van der Waals surface area contributed by atoms with Gasteiger partial charge in [-0.3, -0.25) is 19.3 Å². The number of Topliss-reactive ketones (excluding diaryl/α,β-unsaturated/α-hetero) is 3. The number of nitrogens with zero attached hydrogens (tertiary/aromatic N) is 1. The lowest BCUT2D eigenvalue weighted by Gasteiger charge is -2.28. The minimum atomic E-state index is -1.29. The van der Waals surface area contributed by atoms with Gasteiger partial charge in [-0.05, 0) is 19.3 Å². The number of ketones is 3. The zero-order chi connectivity index (χ0) is 49.1. The molecule has 0 bridgehead atoms. The van der Waals surface area contributed by atoms with Crippen LogP contribution in [-0.2, 0) is 14.4 Å². The summed E-state index contributed by atoms with van der Waals surface area (Å²) >= 11 is 0. The Hall–Kier alpha value is -1.15. The normalized spacial score (nSPS) is 13.1. The minimum Gasteiger partial charge on any atom is -0.384 e. The Kier molecular flexibility index (Phi) is 51.8. The van der Waals surface area contributed by atoms with Crippen LogP contribution in [0.15, 0.2) is 0 Å². The second kappa shape index (κ2) is 52.7. The first kappa shape index (κ1) is 65.8. The van der Waals surface area contributed by atoms with Crippen LogP contribution in [0.3, 0.4) is 0 Å². The third-order valence-corrected chi connectivity index (χ3v) is 14.5. The van der Waals surface area contributed by atoms with E-state index in [-0.39, 0.29) is 56.2 Å². The predicted molar refractivity (Wildman–Crippen MR) is 288 cm³/mol. The highest BCUT2D eigenvalue weighted by Crippen LogP contribution is 2.18. The summed E-state index contributed by atoms with van der Waals surface area (Å²) in [6.45, 7) is 6.48. The van der Waals surface area contributed by atoms with Crippen molar-refractivity contribution >= 4 is 17.3 Å². The Morgan fingerprint density at radius 1 is 0.254 bits per heavy atom. The molecule has 0 aromatic heterocycles. The van der Waals surface area contributed by atoms with Gasteiger partial charge in [-0.2, -0.15) is 0 Å². The molecule has 0 radical (unpaired) electrons. The van der Waals surface area contributed by atoms with Gasteiger partial charge in [0.05, 0.1) is 0 Å². The summed E-state index contributed by atoms with van der Waals surface area (Å²) in [4.78, 5) is 40.7. The largest absolute Gasteiger partial charge is 0.384 e. The molecule has 0 saturated heterocycles. The van der Waals surface area contributed by atoms with Crippen LogP contribution >= 0.6 is 0 Å². The van der Waals surface area contributed by atoms with E-state index in [0.717, 1.165) is 57.8 Å². The van der Waals surface area contributed by atoms with Crippen molar-refractivity contribution in [2.45, 2.75) is 347 Å². The van der Waals surface area contributed by atoms with E-state index in [0.29, 0.717) is 0 Å². The van der Waals surface area contributed by atoms with Crippen LogP contribution in [0.4, 0.5) is 0 Å². The standard InChI is InChI=1S/C60H117NO6/c1-4-7-10-13-16-19-22-25-28-31-34-37-40-43-46-49-55(62)58(65)52-61(53-59(66)56(63)50-47-44-41-38-35-32-29-26-23-20-17-14-11-8-5-2)54-60(67)57(64)51-48-45-42-39-36-33-30-27-24-21-18-15-12-9-6-3/h58-60,65-67H,4-54H2,1-3H3. The molecule has 3 unspecified atom stereocenters. The lowest BCUT2D eigenvalue weighted by Crippen LogP contribution is -2.47. The zero-order valence-corrected chi connectivity index (χ0v) is 45.3. The maximum Gasteiger partial charge on any atom is 0.162 e. The van der Waals surface area contributed by atoms with E-state index in [2.05, 4.69) is 20.8 Å². The van der Waals surface area contributed by atoms with Gasteiger partial charge in [-0.15, -0.1) is 0 Å². The molecule has 67 heavy (non-hydrogen) atoms. The monoisotopic (exact) mass is 948 g/mol. The van der Waals surface area contributed by atoms with Gasteiger partial charge in [-0.25, -0.2) is 0 Å². The molecular weight excluding hydrogens is 831 g/mol. The number of carbonyl (C=O) groups excluding carboxylic acids is 3. The topological polar surface area (TPSA) is 115 Å². The summed E-state index contributed by atoms with van der Waals surface area (Å²) in [6.07, 6.45) is 53.1. The first-order chi connectivity index (χ1) is 32.8. The fourth-order valence-corrected chi connectivity index (χ4v) is 9.77. The van der Waals surface area contributed by atoms with Crippen molar-refractivity contribution < 1.29 is 29.7 Å². The third-order valence-electron chi connectivity index (χ3n) is 14.5. The number of hydrogen-bond donors (Lipinski definition) is 3. The Labute approximate surface area is 417 Å². The van der Waals surface area contributed by atoms with E-state index in [1.165, 1.54) is 231 Å². The quantitative estimate of drug-likeness (QED) is 0.0520. The molecule has 0 amide bonds. The lowest BCUT2D eigenvalue weighted by molar-refractivity contribution is -0.132. The Morgan fingerprint density at radius 3 is 0.537 bits per heavy atom. The van der Waals surface area contributed by atoms with Crippen molar-refractivity contribution in [2.75, 3.05) is 19.6 Å². The second-order valence-electron chi connectivity index (χ2n) is 21.3. The molecule has 0 aromatic carbocycles. The third kappa shape index (κ3) is 47.0. The van der Waals surface area contributed by atoms with Gasteiger partial charge in [0, 0.05) is 38.9 Å². The predicted octanol–water partition coefficient (Wildman–Crippen LogP) is 16.9. The molecule has 3 atom stereocenters. The summed E-state index contributed by atoms with van der Waals surface area (Å²) in [7, 11) is 0. The summed E-state index contributed by atoms with van der Waals surface area (Å²) < 4.78 is 0. The van der Waals surface area contributed by atoms with E-state index >= 15 is 0 Å². The number of aliphatic hydroxyl groups excluding tert-OH is 3. The van der Waals surface area contributed by atoms with Crippen LogP contribution in [0.2, 0.25) is 0 Å². The van der Waals surface area contributed by atoms with Crippen LogP contribution in [0.25, 0.3) is 0 Å². The molecule has 0 aromatic rings. The van der Waals surface area contributed by atoms with E-state index in [1.54, 1.807) is 4.90 Å². The summed E-state index contributed by atoms with van der Waals surface area (Å²) in [6, 6.07) is 0. The summed E-state index contributed by atoms with van der Waals surface area (Å²) in [5.41, 5.74) is 0. The van der Waals surface area contributed by atoms with Gasteiger partial charge in [0.1, 0.15) is 18.3 Å². The smallest absolute Gasteiger partial charge is 0.162 e. The molecule has 0 heterocycles.